The Bertz CT molecular complexity index is 636. The minimum Gasteiger partial charge on any atom is -0.360 e. The summed E-state index contributed by atoms with van der Waals surface area (Å²) in [7, 11) is 0. The van der Waals surface area contributed by atoms with Gasteiger partial charge in [0.15, 0.2) is 0 Å². The summed E-state index contributed by atoms with van der Waals surface area (Å²) in [5.74, 6) is -1.51. The predicted molar refractivity (Wildman–Crippen MR) is 111 cm³/mol. The standard InChI is InChI=1S/C22H36N4O3/c1-3-5-6-7-8-9-11-14-17(4-2)25-20(27)19(24-23)21(28)26(22(25)29)18-15-12-10-13-16-18/h17-18H,3-16H2,1-2H3. The molecule has 0 aromatic carbocycles. The Kier molecular flexibility index (Phi) is 9.52. The molecule has 0 N–H and O–H groups in total. The van der Waals surface area contributed by atoms with Crippen LogP contribution in [0.15, 0.2) is 0 Å². The fraction of sp³-hybridized carbons (Fsp3) is 0.818. The van der Waals surface area contributed by atoms with Crippen LogP contribution in [0.4, 0.5) is 4.79 Å². The number of hydrogen-bond donors (Lipinski definition) is 0. The second kappa shape index (κ2) is 11.9. The second-order valence-corrected chi connectivity index (χ2v) is 8.35. The number of imide groups is 2. The third-order valence-corrected chi connectivity index (χ3v) is 6.27. The number of hydrogen-bond acceptors (Lipinski definition) is 3. The molecule has 1 aliphatic carbocycles. The Morgan fingerprint density at radius 2 is 1.55 bits per heavy atom. The third kappa shape index (κ3) is 5.75. The van der Waals surface area contributed by atoms with E-state index in [1.54, 1.807) is 0 Å². The molecule has 162 valence electrons. The molecule has 7 nitrogen and oxygen atoms in total. The van der Waals surface area contributed by atoms with Gasteiger partial charge in [-0.2, -0.15) is 4.79 Å². The lowest BCUT2D eigenvalue weighted by Gasteiger charge is -2.39. The number of carbonyl (C=O) groups excluding carboxylic acids is 3. The molecule has 1 unspecified atom stereocenters. The van der Waals surface area contributed by atoms with Crippen LogP contribution in [-0.2, 0) is 9.59 Å². The highest BCUT2D eigenvalue weighted by Gasteiger charge is 2.53. The summed E-state index contributed by atoms with van der Waals surface area (Å²) in [4.78, 5) is 44.0. The smallest absolute Gasteiger partial charge is 0.360 e. The van der Waals surface area contributed by atoms with Gasteiger partial charge in [-0.05, 0) is 25.7 Å². The van der Waals surface area contributed by atoms with Crippen LogP contribution in [0, 0.1) is 0 Å². The van der Waals surface area contributed by atoms with Gasteiger partial charge in [0, 0.05) is 12.1 Å². The highest BCUT2D eigenvalue weighted by atomic mass is 16.2. The van der Waals surface area contributed by atoms with Gasteiger partial charge in [-0.15, -0.1) is 0 Å². The Balaban J connectivity index is 2.06. The molecule has 0 aromatic heterocycles. The number of barbiturate groups is 1. The average molecular weight is 405 g/mol. The quantitative estimate of drug-likeness (QED) is 0.284. The molecule has 0 spiro atoms. The number of nitrogens with zero attached hydrogens (tertiary/aromatic N) is 4. The molecule has 1 heterocycles. The summed E-state index contributed by atoms with van der Waals surface area (Å²) in [5, 5.41) is 0. The van der Waals surface area contributed by atoms with Crippen molar-refractivity contribution in [1.82, 2.24) is 9.80 Å². The van der Waals surface area contributed by atoms with Gasteiger partial charge >= 0.3 is 23.6 Å². The van der Waals surface area contributed by atoms with Gasteiger partial charge in [0.2, 0.25) is 0 Å². The van der Waals surface area contributed by atoms with Gasteiger partial charge < -0.3 is 5.53 Å². The maximum Gasteiger partial charge on any atom is 0.444 e. The number of carbonyl (C=O) groups is 3. The molecule has 2 fully saturated rings. The summed E-state index contributed by atoms with van der Waals surface area (Å²) in [5.41, 5.74) is 8.77. The second-order valence-electron chi connectivity index (χ2n) is 8.35. The minimum absolute atomic E-state index is 0.216. The molecule has 1 aliphatic heterocycles. The SMILES string of the molecule is CCCCCCCCCC(CC)N1C(=O)C(=[N+]=[N-])C(=O)N(C2CCCCC2)C1=O. The highest BCUT2D eigenvalue weighted by Crippen LogP contribution is 2.28. The van der Waals surface area contributed by atoms with E-state index in [1.807, 2.05) is 6.92 Å². The molecular formula is C22H36N4O3. The lowest BCUT2D eigenvalue weighted by Crippen LogP contribution is -2.65. The van der Waals surface area contributed by atoms with Gasteiger partial charge in [-0.25, -0.2) is 4.79 Å². The van der Waals surface area contributed by atoms with Crippen LogP contribution in [0.2, 0.25) is 0 Å². The summed E-state index contributed by atoms with van der Waals surface area (Å²) < 4.78 is 0. The topological polar surface area (TPSA) is 94.1 Å². The number of rotatable bonds is 11. The predicted octanol–water partition coefficient (Wildman–Crippen LogP) is 4.70. The molecule has 2 aliphatic rings. The summed E-state index contributed by atoms with van der Waals surface area (Å²) in [6.45, 7) is 4.15. The number of amides is 4. The highest BCUT2D eigenvalue weighted by molar-refractivity contribution is 6.66. The van der Waals surface area contributed by atoms with Crippen molar-refractivity contribution in [3.8, 4) is 0 Å². The lowest BCUT2D eigenvalue weighted by molar-refractivity contribution is -0.141. The van der Waals surface area contributed by atoms with E-state index in [-0.39, 0.29) is 12.1 Å². The van der Waals surface area contributed by atoms with Crippen LogP contribution in [0.1, 0.15) is 104 Å². The molecule has 29 heavy (non-hydrogen) atoms. The summed E-state index contributed by atoms with van der Waals surface area (Å²) in [6, 6.07) is -1.03. The van der Waals surface area contributed by atoms with Crippen molar-refractivity contribution < 1.29 is 19.2 Å². The first kappa shape index (κ1) is 23.3. The number of unbranched alkanes of at least 4 members (excludes halogenated alkanes) is 6. The molecule has 0 aromatic rings. The largest absolute Gasteiger partial charge is 0.444 e. The minimum atomic E-state index is -0.760. The zero-order valence-electron chi connectivity index (χ0n) is 18.1. The van der Waals surface area contributed by atoms with Crippen LogP contribution in [0.3, 0.4) is 0 Å². The van der Waals surface area contributed by atoms with Crippen LogP contribution < -0.4 is 0 Å². The van der Waals surface area contributed by atoms with Crippen molar-refractivity contribution in [2.24, 2.45) is 0 Å². The van der Waals surface area contributed by atoms with Crippen molar-refractivity contribution in [3.05, 3.63) is 5.53 Å². The van der Waals surface area contributed by atoms with Crippen LogP contribution >= 0.6 is 0 Å². The van der Waals surface area contributed by atoms with Crippen LogP contribution in [-0.4, -0.2) is 50.2 Å². The van der Waals surface area contributed by atoms with Gasteiger partial charge in [0.05, 0.1) is 0 Å². The third-order valence-electron chi connectivity index (χ3n) is 6.27. The molecule has 1 saturated heterocycles. The molecule has 4 amide bonds. The summed E-state index contributed by atoms with van der Waals surface area (Å²) in [6.07, 6.45) is 14.0. The zero-order valence-corrected chi connectivity index (χ0v) is 18.1. The molecule has 7 heteroatoms. The van der Waals surface area contributed by atoms with Crippen molar-refractivity contribution in [1.29, 1.82) is 0 Å². The van der Waals surface area contributed by atoms with E-state index in [1.165, 1.54) is 35.5 Å². The Morgan fingerprint density at radius 3 is 2.14 bits per heavy atom. The Hall–Kier alpha value is -2.01. The normalized spacial score (nSPS) is 19.7. The molecule has 0 bridgehead atoms. The van der Waals surface area contributed by atoms with E-state index in [4.69, 9.17) is 0 Å². The van der Waals surface area contributed by atoms with Crippen molar-refractivity contribution in [2.75, 3.05) is 0 Å². The molecule has 0 radical (unpaired) electrons. The van der Waals surface area contributed by atoms with E-state index in [9.17, 15) is 19.9 Å². The Labute approximate surface area is 174 Å². The summed E-state index contributed by atoms with van der Waals surface area (Å²) >= 11 is 0. The van der Waals surface area contributed by atoms with Gasteiger partial charge in [0.1, 0.15) is 0 Å². The first-order valence-electron chi connectivity index (χ1n) is 11.5. The average Bonchev–Trinajstić information content (AvgIpc) is 2.72. The van der Waals surface area contributed by atoms with Crippen LogP contribution in [0.25, 0.3) is 5.53 Å². The van der Waals surface area contributed by atoms with E-state index in [0.29, 0.717) is 12.8 Å². The van der Waals surface area contributed by atoms with Crippen molar-refractivity contribution in [2.45, 2.75) is 116 Å². The monoisotopic (exact) mass is 404 g/mol. The van der Waals surface area contributed by atoms with E-state index < -0.39 is 23.6 Å². The molecule has 2 rings (SSSR count). The van der Waals surface area contributed by atoms with Gasteiger partial charge in [-0.1, -0.05) is 78.1 Å². The van der Waals surface area contributed by atoms with E-state index in [0.717, 1.165) is 51.4 Å². The van der Waals surface area contributed by atoms with Crippen molar-refractivity contribution >= 4 is 23.6 Å². The maximum absolute atomic E-state index is 13.2. The van der Waals surface area contributed by atoms with E-state index in [2.05, 4.69) is 11.7 Å². The lowest BCUT2D eigenvalue weighted by atomic mass is 9.93. The van der Waals surface area contributed by atoms with Crippen molar-refractivity contribution in [3.63, 3.8) is 0 Å². The van der Waals surface area contributed by atoms with Gasteiger partial charge in [-0.3, -0.25) is 19.4 Å². The first-order valence-corrected chi connectivity index (χ1v) is 11.5. The molecule has 1 atom stereocenters. The molecular weight excluding hydrogens is 368 g/mol. The molecule has 1 saturated carbocycles. The van der Waals surface area contributed by atoms with Crippen LogP contribution in [0.5, 0.6) is 0 Å². The fourth-order valence-electron chi connectivity index (χ4n) is 4.53. The zero-order chi connectivity index (χ0) is 21.2. The first-order chi connectivity index (χ1) is 14.1. The Morgan fingerprint density at radius 1 is 0.931 bits per heavy atom. The fourth-order valence-corrected chi connectivity index (χ4v) is 4.53. The maximum atomic E-state index is 13.2. The van der Waals surface area contributed by atoms with Gasteiger partial charge in [0.25, 0.3) is 0 Å². The number of urea groups is 1. The van der Waals surface area contributed by atoms with E-state index >= 15 is 0 Å².